The number of amides is 3. The third-order valence-corrected chi connectivity index (χ3v) is 9.16. The van der Waals surface area contributed by atoms with E-state index >= 15 is 0 Å². The maximum Gasteiger partial charge on any atom is 0.272 e. The molecule has 3 N–H and O–H groups in total. The zero-order valence-electron chi connectivity index (χ0n) is 25.6. The number of carbonyl (C=O) groups is 3. The molecule has 0 saturated carbocycles. The number of aromatic nitrogens is 1. The molecule has 0 aliphatic carbocycles. The van der Waals surface area contributed by atoms with Crippen LogP contribution in [-0.2, 0) is 9.59 Å². The highest BCUT2D eigenvalue weighted by Crippen LogP contribution is 2.34. The predicted molar refractivity (Wildman–Crippen MR) is 193 cm³/mol. The number of carbonyl (C=O) groups excluding carboxylic acids is 3. The van der Waals surface area contributed by atoms with E-state index in [9.17, 15) is 14.4 Å². The second kappa shape index (κ2) is 16.3. The van der Waals surface area contributed by atoms with Crippen molar-refractivity contribution < 1.29 is 23.9 Å². The molecule has 0 radical (unpaired) electrons. The minimum Gasteiger partial charge on any atom is -0.493 e. The van der Waals surface area contributed by atoms with Crippen molar-refractivity contribution in [1.82, 2.24) is 10.3 Å². The number of thioether (sulfide) groups is 1. The van der Waals surface area contributed by atoms with Crippen molar-refractivity contribution in [2.45, 2.75) is 4.90 Å². The Bertz CT molecular complexity index is 1950. The number of nitrogens with zero attached hydrogens (tertiary/aromatic N) is 1. The summed E-state index contributed by atoms with van der Waals surface area (Å²) in [5.41, 5.74) is 2.73. The Morgan fingerprint density at radius 3 is 2.25 bits per heavy atom. The van der Waals surface area contributed by atoms with Gasteiger partial charge in [-0.2, -0.15) is 0 Å². The molecule has 244 valence electrons. The molecule has 3 amide bonds. The Hall–Kier alpha value is -4.81. The Balaban J connectivity index is 1.20. The predicted octanol–water partition coefficient (Wildman–Crippen LogP) is 8.27. The molecule has 5 rings (SSSR count). The molecule has 0 spiro atoms. The van der Waals surface area contributed by atoms with E-state index < -0.39 is 11.8 Å². The van der Waals surface area contributed by atoms with Gasteiger partial charge in [-0.1, -0.05) is 47.5 Å². The van der Waals surface area contributed by atoms with Crippen molar-refractivity contribution >= 4 is 80.9 Å². The molecule has 1 heterocycles. The van der Waals surface area contributed by atoms with Crippen LogP contribution in [0, 0.1) is 0 Å². The van der Waals surface area contributed by atoms with Crippen LogP contribution >= 0.6 is 46.3 Å². The molecule has 13 heteroatoms. The number of halogens is 2. The highest BCUT2D eigenvalue weighted by Gasteiger charge is 2.17. The van der Waals surface area contributed by atoms with Gasteiger partial charge in [-0.05, 0) is 72.8 Å². The topological polar surface area (TPSA) is 119 Å². The maximum absolute atomic E-state index is 13.4. The van der Waals surface area contributed by atoms with Crippen LogP contribution in [0.15, 0.2) is 107 Å². The van der Waals surface area contributed by atoms with Gasteiger partial charge < -0.3 is 25.4 Å². The van der Waals surface area contributed by atoms with Gasteiger partial charge in [0.2, 0.25) is 5.91 Å². The zero-order chi connectivity index (χ0) is 34.0. The quantitative estimate of drug-likeness (QED) is 0.0878. The first kappa shape index (κ1) is 34.5. The minimum absolute atomic E-state index is 0.0505. The van der Waals surface area contributed by atoms with Crippen LogP contribution in [0.3, 0.4) is 0 Å². The van der Waals surface area contributed by atoms with Gasteiger partial charge in [0.15, 0.2) is 16.6 Å². The first-order chi connectivity index (χ1) is 23.2. The van der Waals surface area contributed by atoms with Gasteiger partial charge in [0.05, 0.1) is 25.7 Å². The van der Waals surface area contributed by atoms with Crippen molar-refractivity contribution in [2.75, 3.05) is 30.6 Å². The van der Waals surface area contributed by atoms with E-state index in [2.05, 4.69) is 20.9 Å². The van der Waals surface area contributed by atoms with E-state index in [0.29, 0.717) is 49.2 Å². The van der Waals surface area contributed by atoms with Gasteiger partial charge >= 0.3 is 0 Å². The average Bonchev–Trinajstić information content (AvgIpc) is 3.57. The van der Waals surface area contributed by atoms with Gasteiger partial charge in [0, 0.05) is 42.7 Å². The lowest BCUT2D eigenvalue weighted by molar-refractivity contribution is -0.114. The fourth-order valence-corrected chi connectivity index (χ4v) is 6.27. The van der Waals surface area contributed by atoms with Gasteiger partial charge in [-0.25, -0.2) is 4.98 Å². The van der Waals surface area contributed by atoms with Gasteiger partial charge in [-0.15, -0.1) is 23.1 Å². The fourth-order valence-electron chi connectivity index (χ4n) is 4.33. The summed E-state index contributed by atoms with van der Waals surface area (Å²) in [5.74, 6) is 0.0850. The van der Waals surface area contributed by atoms with E-state index in [4.69, 9.17) is 32.7 Å². The molecule has 0 bridgehead atoms. The van der Waals surface area contributed by atoms with Crippen LogP contribution < -0.4 is 25.4 Å². The molecule has 0 unspecified atom stereocenters. The van der Waals surface area contributed by atoms with Crippen LogP contribution in [-0.4, -0.2) is 42.7 Å². The lowest BCUT2D eigenvalue weighted by Gasteiger charge is -2.13. The summed E-state index contributed by atoms with van der Waals surface area (Å²) in [7, 11) is 3.14. The van der Waals surface area contributed by atoms with Crippen LogP contribution in [0.25, 0.3) is 17.3 Å². The molecule has 5 aromatic rings. The molecule has 0 aliphatic rings. The second-order valence-electron chi connectivity index (χ2n) is 9.94. The molecule has 0 aliphatic heterocycles. The standard InChI is InChI=1S/C35H28Cl2N4O5S2/c1-45-30-16-11-22(17-31(30)46-2)29-19-48-35(40-29)41-32(42)20-47-24-14-12-23(13-15-24)38-34(44)28(18-25-26(36)9-6-10-27(25)37)39-33(43)21-7-4-3-5-8-21/h3-19H,20H2,1-2H3,(H,38,44)(H,39,43)(H,40,41,42)/b28-18-. The first-order valence-corrected chi connectivity index (χ1v) is 16.9. The van der Waals surface area contributed by atoms with Crippen molar-refractivity contribution in [3.8, 4) is 22.8 Å². The number of hydrogen-bond acceptors (Lipinski definition) is 8. The monoisotopic (exact) mass is 718 g/mol. The van der Waals surface area contributed by atoms with E-state index in [1.807, 2.05) is 17.5 Å². The number of benzene rings is 4. The molecule has 0 atom stereocenters. The molecule has 0 fully saturated rings. The molecule has 9 nitrogen and oxygen atoms in total. The lowest BCUT2D eigenvalue weighted by atomic mass is 10.1. The molecule has 0 saturated heterocycles. The van der Waals surface area contributed by atoms with E-state index in [0.717, 1.165) is 10.5 Å². The first-order valence-electron chi connectivity index (χ1n) is 14.3. The summed E-state index contributed by atoms with van der Waals surface area (Å²) in [4.78, 5) is 44.3. The smallest absolute Gasteiger partial charge is 0.272 e. The summed E-state index contributed by atoms with van der Waals surface area (Å²) in [6.45, 7) is 0. The summed E-state index contributed by atoms with van der Waals surface area (Å²) in [5, 5.41) is 11.3. The molecule has 48 heavy (non-hydrogen) atoms. The number of methoxy groups -OCH3 is 2. The molecule has 1 aromatic heterocycles. The Kier molecular flexibility index (Phi) is 11.8. The van der Waals surface area contributed by atoms with Crippen LogP contribution in [0.2, 0.25) is 10.0 Å². The molecular weight excluding hydrogens is 691 g/mol. The lowest BCUT2D eigenvalue weighted by Crippen LogP contribution is -2.30. The van der Waals surface area contributed by atoms with Crippen molar-refractivity contribution in [3.63, 3.8) is 0 Å². The third kappa shape index (κ3) is 8.96. The van der Waals surface area contributed by atoms with Gasteiger partial charge in [-0.3, -0.25) is 14.4 Å². The van der Waals surface area contributed by atoms with Crippen LogP contribution in [0.5, 0.6) is 11.5 Å². The Morgan fingerprint density at radius 1 is 0.854 bits per heavy atom. The number of rotatable bonds is 12. The summed E-state index contributed by atoms with van der Waals surface area (Å²) in [6.07, 6.45) is 1.43. The van der Waals surface area contributed by atoms with Crippen molar-refractivity contribution in [1.29, 1.82) is 0 Å². The van der Waals surface area contributed by atoms with Crippen LogP contribution in [0.1, 0.15) is 15.9 Å². The average molecular weight is 720 g/mol. The number of ether oxygens (including phenoxy) is 2. The largest absolute Gasteiger partial charge is 0.493 e. The highest BCUT2D eigenvalue weighted by atomic mass is 35.5. The fraction of sp³-hybridized carbons (Fsp3) is 0.0857. The number of nitrogens with one attached hydrogen (secondary N) is 3. The molecular formula is C35H28Cl2N4O5S2. The minimum atomic E-state index is -0.578. The molecule has 4 aromatic carbocycles. The van der Waals surface area contributed by atoms with E-state index in [-0.39, 0.29) is 17.4 Å². The summed E-state index contributed by atoms with van der Waals surface area (Å²) < 4.78 is 10.7. The Labute approximate surface area is 295 Å². The third-order valence-electron chi connectivity index (χ3n) is 6.73. The van der Waals surface area contributed by atoms with Crippen molar-refractivity contribution in [2.24, 2.45) is 0 Å². The second-order valence-corrected chi connectivity index (χ2v) is 12.7. The van der Waals surface area contributed by atoms with E-state index in [1.165, 1.54) is 29.2 Å². The number of thiazole rings is 1. The maximum atomic E-state index is 13.4. The van der Waals surface area contributed by atoms with Gasteiger partial charge in [0.1, 0.15) is 5.70 Å². The van der Waals surface area contributed by atoms with Gasteiger partial charge in [0.25, 0.3) is 11.8 Å². The summed E-state index contributed by atoms with van der Waals surface area (Å²) >= 11 is 15.3. The number of hydrogen-bond donors (Lipinski definition) is 3. The van der Waals surface area contributed by atoms with Crippen molar-refractivity contribution in [3.05, 3.63) is 123 Å². The zero-order valence-corrected chi connectivity index (χ0v) is 28.7. The normalized spacial score (nSPS) is 11.0. The summed E-state index contributed by atoms with van der Waals surface area (Å²) in [6, 6.07) is 25.9. The SMILES string of the molecule is COc1ccc(-c2csc(NC(=O)CSc3ccc(NC(=O)/C(=C/c4c(Cl)cccc4Cl)NC(=O)c4ccccc4)cc3)n2)cc1OC. The number of anilines is 2. The Morgan fingerprint density at radius 2 is 1.56 bits per heavy atom. The van der Waals surface area contributed by atoms with Crippen LogP contribution in [0.4, 0.5) is 10.8 Å². The van der Waals surface area contributed by atoms with E-state index in [1.54, 1.807) is 93.1 Å². The highest BCUT2D eigenvalue weighted by molar-refractivity contribution is 8.00.